The van der Waals surface area contributed by atoms with Crippen LogP contribution in [0.1, 0.15) is 28.8 Å². The fraction of sp³-hybridized carbons (Fsp3) is 0.417. The van der Waals surface area contributed by atoms with Crippen molar-refractivity contribution in [2.24, 2.45) is 0 Å². The first kappa shape index (κ1) is 11.9. The van der Waals surface area contributed by atoms with E-state index in [9.17, 15) is 0 Å². The summed E-state index contributed by atoms with van der Waals surface area (Å²) >= 11 is 5.25. The summed E-state index contributed by atoms with van der Waals surface area (Å²) in [6.45, 7) is 7.31. The Bertz CT molecular complexity index is 499. The minimum atomic E-state index is 0.878. The molecule has 0 saturated carbocycles. The molecule has 0 aliphatic heterocycles. The highest BCUT2D eigenvalue weighted by molar-refractivity contribution is 9.10. The molecule has 0 bridgehead atoms. The second-order valence-corrected chi connectivity index (χ2v) is 5.80. The fourth-order valence-electron chi connectivity index (χ4n) is 1.98. The minimum absolute atomic E-state index is 0.878. The lowest BCUT2D eigenvalue weighted by Gasteiger charge is -2.02. The van der Waals surface area contributed by atoms with Gasteiger partial charge in [-0.05, 0) is 47.8 Å². The van der Waals surface area contributed by atoms with E-state index in [0.29, 0.717) is 0 Å². The van der Waals surface area contributed by atoms with Crippen molar-refractivity contribution >= 4 is 27.3 Å². The van der Waals surface area contributed by atoms with Crippen LogP contribution in [0.2, 0.25) is 0 Å². The molecule has 4 heteroatoms. The molecule has 16 heavy (non-hydrogen) atoms. The van der Waals surface area contributed by atoms with Crippen molar-refractivity contribution in [3.05, 3.63) is 37.7 Å². The van der Waals surface area contributed by atoms with Crippen LogP contribution in [0.25, 0.3) is 0 Å². The molecule has 0 aromatic carbocycles. The van der Waals surface area contributed by atoms with Crippen molar-refractivity contribution in [1.29, 1.82) is 0 Å². The van der Waals surface area contributed by atoms with E-state index in [-0.39, 0.29) is 0 Å². The number of nitrogens with zero attached hydrogens (tertiary/aromatic N) is 2. The molecule has 0 atom stereocenters. The van der Waals surface area contributed by atoms with Gasteiger partial charge in [-0.2, -0.15) is 5.10 Å². The lowest BCUT2D eigenvalue weighted by Crippen LogP contribution is -2.02. The molecule has 2 aromatic heterocycles. The predicted molar refractivity (Wildman–Crippen MR) is 72.2 cm³/mol. The first-order chi connectivity index (χ1) is 7.61. The third-order valence-electron chi connectivity index (χ3n) is 2.81. The number of aryl methyl sites for hydroxylation is 1. The standard InChI is InChI=1S/C12H15BrN2S/c1-4-12-8(2)14-15(9(12)3)6-11-5-10(13)7-16-11/h5,7H,4,6H2,1-3H3. The molecule has 0 radical (unpaired) electrons. The topological polar surface area (TPSA) is 17.8 Å². The molecule has 0 amide bonds. The molecule has 0 fully saturated rings. The third kappa shape index (κ3) is 2.23. The Kier molecular flexibility index (Phi) is 3.50. The van der Waals surface area contributed by atoms with Gasteiger partial charge in [-0.25, -0.2) is 0 Å². The van der Waals surface area contributed by atoms with Crippen molar-refractivity contribution in [2.75, 3.05) is 0 Å². The molecular formula is C12H15BrN2S. The third-order valence-corrected chi connectivity index (χ3v) is 4.49. The van der Waals surface area contributed by atoms with Crippen molar-refractivity contribution in [2.45, 2.75) is 33.7 Å². The van der Waals surface area contributed by atoms with Crippen molar-refractivity contribution in [3.8, 4) is 0 Å². The lowest BCUT2D eigenvalue weighted by molar-refractivity contribution is 0.665. The van der Waals surface area contributed by atoms with Crippen LogP contribution in [0.4, 0.5) is 0 Å². The number of aromatic nitrogens is 2. The summed E-state index contributed by atoms with van der Waals surface area (Å²) in [7, 11) is 0. The average molecular weight is 299 g/mol. The van der Waals surface area contributed by atoms with E-state index in [4.69, 9.17) is 0 Å². The van der Waals surface area contributed by atoms with Gasteiger partial charge in [0.1, 0.15) is 0 Å². The molecule has 86 valence electrons. The van der Waals surface area contributed by atoms with Crippen LogP contribution in [-0.2, 0) is 13.0 Å². The van der Waals surface area contributed by atoms with Crippen LogP contribution in [-0.4, -0.2) is 9.78 Å². The molecule has 0 aliphatic carbocycles. The Morgan fingerprint density at radius 2 is 2.19 bits per heavy atom. The van der Waals surface area contributed by atoms with Crippen LogP contribution >= 0.6 is 27.3 Å². The molecule has 0 saturated heterocycles. The van der Waals surface area contributed by atoms with Crippen LogP contribution in [0.5, 0.6) is 0 Å². The monoisotopic (exact) mass is 298 g/mol. The van der Waals surface area contributed by atoms with Crippen molar-refractivity contribution in [1.82, 2.24) is 9.78 Å². The molecule has 2 rings (SSSR count). The van der Waals surface area contributed by atoms with E-state index < -0.39 is 0 Å². The normalized spacial score (nSPS) is 11.0. The number of hydrogen-bond acceptors (Lipinski definition) is 2. The molecule has 0 N–H and O–H groups in total. The Morgan fingerprint density at radius 3 is 2.69 bits per heavy atom. The van der Waals surface area contributed by atoms with Crippen molar-refractivity contribution < 1.29 is 0 Å². The zero-order valence-corrected chi connectivity index (χ0v) is 12.2. The summed E-state index contributed by atoms with van der Waals surface area (Å²) in [5.74, 6) is 0. The van der Waals surface area contributed by atoms with Crippen LogP contribution in [0.15, 0.2) is 15.9 Å². The number of hydrogen-bond donors (Lipinski definition) is 0. The number of rotatable bonds is 3. The molecule has 2 heterocycles. The first-order valence-electron chi connectivity index (χ1n) is 5.37. The zero-order valence-electron chi connectivity index (χ0n) is 9.75. The van der Waals surface area contributed by atoms with Crippen LogP contribution in [0, 0.1) is 13.8 Å². The van der Waals surface area contributed by atoms with E-state index in [1.54, 1.807) is 11.3 Å². The zero-order chi connectivity index (χ0) is 11.7. The van der Waals surface area contributed by atoms with Gasteiger partial charge in [0.2, 0.25) is 0 Å². The fourth-order valence-corrected chi connectivity index (χ4v) is 3.42. The summed E-state index contributed by atoms with van der Waals surface area (Å²) < 4.78 is 3.26. The highest BCUT2D eigenvalue weighted by atomic mass is 79.9. The van der Waals surface area contributed by atoms with Gasteiger partial charge in [0.05, 0.1) is 12.2 Å². The summed E-state index contributed by atoms with van der Waals surface area (Å²) in [5, 5.41) is 6.71. The molecule has 2 nitrogen and oxygen atoms in total. The maximum Gasteiger partial charge on any atom is 0.0755 e. The first-order valence-corrected chi connectivity index (χ1v) is 7.05. The Morgan fingerprint density at radius 1 is 1.44 bits per heavy atom. The summed E-state index contributed by atoms with van der Waals surface area (Å²) in [6, 6.07) is 2.16. The van der Waals surface area contributed by atoms with Gasteiger partial charge in [-0.3, -0.25) is 4.68 Å². The molecule has 0 spiro atoms. The van der Waals surface area contributed by atoms with Gasteiger partial charge < -0.3 is 0 Å². The second-order valence-electron chi connectivity index (χ2n) is 3.89. The highest BCUT2D eigenvalue weighted by Gasteiger charge is 2.10. The molecule has 0 unspecified atom stereocenters. The maximum atomic E-state index is 4.59. The van der Waals surface area contributed by atoms with Crippen LogP contribution < -0.4 is 0 Å². The Hall–Kier alpha value is -0.610. The second kappa shape index (κ2) is 4.72. The van der Waals surface area contributed by atoms with E-state index in [1.807, 2.05) is 0 Å². The van der Waals surface area contributed by atoms with Gasteiger partial charge in [-0.1, -0.05) is 6.92 Å². The van der Waals surface area contributed by atoms with Crippen LogP contribution in [0.3, 0.4) is 0 Å². The Balaban J connectivity index is 2.28. The van der Waals surface area contributed by atoms with Gasteiger partial charge in [-0.15, -0.1) is 11.3 Å². The quantitative estimate of drug-likeness (QED) is 0.839. The summed E-state index contributed by atoms with van der Waals surface area (Å²) in [6.07, 6.45) is 1.06. The van der Waals surface area contributed by atoms with E-state index in [2.05, 4.69) is 57.9 Å². The number of halogens is 1. The smallest absolute Gasteiger partial charge is 0.0755 e. The average Bonchev–Trinajstić information content (AvgIpc) is 2.74. The van der Waals surface area contributed by atoms with E-state index in [1.165, 1.54) is 16.1 Å². The molecule has 0 aliphatic rings. The highest BCUT2D eigenvalue weighted by Crippen LogP contribution is 2.22. The summed E-state index contributed by atoms with van der Waals surface area (Å²) in [5.41, 5.74) is 3.84. The van der Waals surface area contributed by atoms with Gasteiger partial charge in [0, 0.05) is 20.4 Å². The van der Waals surface area contributed by atoms with E-state index in [0.717, 1.165) is 23.1 Å². The van der Waals surface area contributed by atoms with Gasteiger partial charge in [0.15, 0.2) is 0 Å². The Labute approximate surface area is 108 Å². The molecular weight excluding hydrogens is 284 g/mol. The number of thiophene rings is 1. The maximum absolute atomic E-state index is 4.59. The SMILES string of the molecule is CCc1c(C)nn(Cc2cc(Br)cs2)c1C. The molecule has 2 aromatic rings. The van der Waals surface area contributed by atoms with Gasteiger partial charge in [0.25, 0.3) is 0 Å². The predicted octanol–water partition coefficient (Wildman–Crippen LogP) is 3.93. The lowest BCUT2D eigenvalue weighted by atomic mass is 10.1. The largest absolute Gasteiger partial charge is 0.264 e. The summed E-state index contributed by atoms with van der Waals surface area (Å²) in [4.78, 5) is 1.33. The van der Waals surface area contributed by atoms with Gasteiger partial charge >= 0.3 is 0 Å². The van der Waals surface area contributed by atoms with E-state index >= 15 is 0 Å². The van der Waals surface area contributed by atoms with Crippen molar-refractivity contribution in [3.63, 3.8) is 0 Å². The minimum Gasteiger partial charge on any atom is -0.264 e.